The first-order valence-electron chi connectivity index (χ1n) is 6.48. The van der Waals surface area contributed by atoms with Crippen molar-refractivity contribution < 1.29 is 4.58 Å². The van der Waals surface area contributed by atoms with Crippen molar-refractivity contribution in [3.8, 4) is 0 Å². The lowest BCUT2D eigenvalue weighted by Crippen LogP contribution is -2.26. The van der Waals surface area contributed by atoms with Crippen LogP contribution in [0.4, 0.5) is 5.69 Å². The van der Waals surface area contributed by atoms with E-state index in [1.54, 1.807) is 6.33 Å². The van der Waals surface area contributed by atoms with Gasteiger partial charge in [-0.25, -0.2) is 4.98 Å². The third-order valence-corrected chi connectivity index (χ3v) is 3.88. The highest BCUT2D eigenvalue weighted by Gasteiger charge is 2.42. The van der Waals surface area contributed by atoms with E-state index in [1.807, 2.05) is 6.20 Å². The average molecular weight is 252 g/mol. The van der Waals surface area contributed by atoms with Crippen LogP contribution in [-0.2, 0) is 5.41 Å². The second-order valence-corrected chi connectivity index (χ2v) is 5.43. The quantitative estimate of drug-likeness (QED) is 0.818. The number of H-pyrrole nitrogens is 1. The Morgan fingerprint density at radius 1 is 1.21 bits per heavy atom. The number of aromatic amines is 1. The number of allylic oxidation sites excluding steroid dienone is 1. The summed E-state index contributed by atoms with van der Waals surface area (Å²) in [4.78, 5) is 7.13. The van der Waals surface area contributed by atoms with E-state index >= 15 is 0 Å². The molecule has 1 aromatic heterocycles. The molecule has 2 aromatic rings. The molecule has 1 aliphatic rings. The van der Waals surface area contributed by atoms with Gasteiger partial charge < -0.3 is 4.98 Å². The number of benzene rings is 1. The first-order valence-corrected chi connectivity index (χ1v) is 6.48. The first kappa shape index (κ1) is 11.9. The SMILES string of the molecule is C[N+]1=C(C=Cc2cnc[nH]2)C(C)(C)c2ccccc21. The van der Waals surface area contributed by atoms with Gasteiger partial charge in [-0.2, -0.15) is 4.58 Å². The molecule has 3 rings (SSSR count). The molecule has 19 heavy (non-hydrogen) atoms. The number of hydrogen-bond acceptors (Lipinski definition) is 1. The molecule has 0 saturated heterocycles. The second-order valence-electron chi connectivity index (χ2n) is 5.43. The molecular formula is C16H18N3+. The van der Waals surface area contributed by atoms with Crippen molar-refractivity contribution in [3.05, 3.63) is 54.1 Å². The number of nitrogens with one attached hydrogen (secondary N) is 1. The van der Waals surface area contributed by atoms with E-state index in [1.165, 1.54) is 17.0 Å². The number of nitrogens with zero attached hydrogens (tertiary/aromatic N) is 2. The van der Waals surface area contributed by atoms with Crippen LogP contribution in [0, 0.1) is 0 Å². The van der Waals surface area contributed by atoms with E-state index in [2.05, 4.69) is 71.9 Å². The largest absolute Gasteiger partial charge is 0.345 e. The summed E-state index contributed by atoms with van der Waals surface area (Å²) >= 11 is 0. The molecule has 1 aliphatic heterocycles. The number of imidazole rings is 1. The number of para-hydroxylation sites is 1. The van der Waals surface area contributed by atoms with Gasteiger partial charge in [-0.15, -0.1) is 0 Å². The maximum atomic E-state index is 4.03. The van der Waals surface area contributed by atoms with Crippen LogP contribution in [0.15, 0.2) is 42.9 Å². The van der Waals surface area contributed by atoms with Crippen molar-refractivity contribution in [2.75, 3.05) is 7.05 Å². The summed E-state index contributed by atoms with van der Waals surface area (Å²) in [6.45, 7) is 4.53. The predicted molar refractivity (Wildman–Crippen MR) is 77.9 cm³/mol. The Kier molecular flexibility index (Phi) is 2.63. The topological polar surface area (TPSA) is 31.7 Å². The molecule has 0 amide bonds. The number of aromatic nitrogens is 2. The molecule has 2 heterocycles. The minimum atomic E-state index is 0.0296. The molecule has 0 unspecified atom stereocenters. The van der Waals surface area contributed by atoms with Gasteiger partial charge in [0.1, 0.15) is 7.05 Å². The Bertz CT molecular complexity index is 661. The molecule has 3 heteroatoms. The van der Waals surface area contributed by atoms with Gasteiger partial charge in [0.15, 0.2) is 5.71 Å². The highest BCUT2D eigenvalue weighted by molar-refractivity contribution is 6.05. The van der Waals surface area contributed by atoms with E-state index in [0.717, 1.165) is 5.69 Å². The number of rotatable bonds is 2. The van der Waals surface area contributed by atoms with E-state index in [9.17, 15) is 0 Å². The highest BCUT2D eigenvalue weighted by atomic mass is 15.0. The van der Waals surface area contributed by atoms with Gasteiger partial charge in [0.05, 0.1) is 23.6 Å². The van der Waals surface area contributed by atoms with Crippen LogP contribution in [0.1, 0.15) is 25.1 Å². The zero-order chi connectivity index (χ0) is 13.5. The minimum absolute atomic E-state index is 0.0296. The maximum absolute atomic E-state index is 4.03. The lowest BCUT2D eigenvalue weighted by atomic mass is 9.81. The summed E-state index contributed by atoms with van der Waals surface area (Å²) in [7, 11) is 2.13. The van der Waals surface area contributed by atoms with Crippen molar-refractivity contribution in [3.63, 3.8) is 0 Å². The fraction of sp³-hybridized carbons (Fsp3) is 0.250. The lowest BCUT2D eigenvalue weighted by molar-refractivity contribution is -0.401. The van der Waals surface area contributed by atoms with E-state index < -0.39 is 0 Å². The Hall–Kier alpha value is -2.16. The molecule has 0 radical (unpaired) electrons. The molecule has 96 valence electrons. The third kappa shape index (κ3) is 1.82. The molecule has 0 aliphatic carbocycles. The zero-order valence-electron chi connectivity index (χ0n) is 11.5. The highest BCUT2D eigenvalue weighted by Crippen LogP contribution is 2.38. The van der Waals surface area contributed by atoms with Gasteiger partial charge in [-0.1, -0.05) is 18.2 Å². The summed E-state index contributed by atoms with van der Waals surface area (Å²) in [6.07, 6.45) is 7.77. The summed E-state index contributed by atoms with van der Waals surface area (Å²) < 4.78 is 2.27. The van der Waals surface area contributed by atoms with Crippen LogP contribution in [-0.4, -0.2) is 27.3 Å². The van der Waals surface area contributed by atoms with Gasteiger partial charge >= 0.3 is 0 Å². The number of fused-ring (bicyclic) bond motifs is 1. The van der Waals surface area contributed by atoms with Gasteiger partial charge in [0.2, 0.25) is 5.69 Å². The van der Waals surface area contributed by atoms with Crippen LogP contribution in [0.3, 0.4) is 0 Å². The van der Waals surface area contributed by atoms with Crippen molar-refractivity contribution in [2.24, 2.45) is 0 Å². The zero-order valence-corrected chi connectivity index (χ0v) is 11.5. The lowest BCUT2D eigenvalue weighted by Gasteiger charge is -2.15. The van der Waals surface area contributed by atoms with Crippen molar-refractivity contribution >= 4 is 17.5 Å². The van der Waals surface area contributed by atoms with Crippen molar-refractivity contribution in [1.29, 1.82) is 0 Å². The molecule has 0 bridgehead atoms. The molecule has 1 aromatic carbocycles. The Morgan fingerprint density at radius 2 is 2.00 bits per heavy atom. The van der Waals surface area contributed by atoms with Crippen molar-refractivity contribution in [1.82, 2.24) is 9.97 Å². The normalized spacial score (nSPS) is 17.2. The molecule has 3 nitrogen and oxygen atoms in total. The van der Waals surface area contributed by atoms with Crippen LogP contribution in [0.2, 0.25) is 0 Å². The monoisotopic (exact) mass is 252 g/mol. The summed E-state index contributed by atoms with van der Waals surface area (Å²) in [5, 5.41) is 0. The minimum Gasteiger partial charge on any atom is -0.345 e. The summed E-state index contributed by atoms with van der Waals surface area (Å²) in [5.41, 5.74) is 5.01. The fourth-order valence-electron chi connectivity index (χ4n) is 2.83. The Morgan fingerprint density at radius 3 is 2.68 bits per heavy atom. The molecular weight excluding hydrogens is 234 g/mol. The average Bonchev–Trinajstić information content (AvgIpc) is 2.97. The fourth-order valence-corrected chi connectivity index (χ4v) is 2.83. The smallest absolute Gasteiger partial charge is 0.209 e. The van der Waals surface area contributed by atoms with E-state index in [0.29, 0.717) is 0 Å². The third-order valence-electron chi connectivity index (χ3n) is 3.88. The van der Waals surface area contributed by atoms with Gasteiger partial charge in [0.25, 0.3) is 0 Å². The first-order chi connectivity index (χ1) is 9.10. The second kappa shape index (κ2) is 4.19. The maximum Gasteiger partial charge on any atom is 0.209 e. The van der Waals surface area contributed by atoms with Crippen LogP contribution >= 0.6 is 0 Å². The molecule has 0 saturated carbocycles. The summed E-state index contributed by atoms with van der Waals surface area (Å²) in [5.74, 6) is 0. The van der Waals surface area contributed by atoms with Crippen LogP contribution in [0.5, 0.6) is 0 Å². The molecule has 0 fully saturated rings. The molecule has 1 N–H and O–H groups in total. The number of hydrogen-bond donors (Lipinski definition) is 1. The van der Waals surface area contributed by atoms with E-state index in [-0.39, 0.29) is 5.41 Å². The van der Waals surface area contributed by atoms with Crippen LogP contribution in [0.25, 0.3) is 6.08 Å². The van der Waals surface area contributed by atoms with Gasteiger partial charge in [-0.3, -0.25) is 0 Å². The predicted octanol–water partition coefficient (Wildman–Crippen LogP) is 3.13. The molecule has 0 spiro atoms. The van der Waals surface area contributed by atoms with Crippen molar-refractivity contribution in [2.45, 2.75) is 19.3 Å². The van der Waals surface area contributed by atoms with E-state index in [4.69, 9.17) is 0 Å². The molecule has 0 atom stereocenters. The van der Waals surface area contributed by atoms with Crippen LogP contribution < -0.4 is 0 Å². The Balaban J connectivity index is 2.05. The Labute approximate surface area is 113 Å². The summed E-state index contributed by atoms with van der Waals surface area (Å²) in [6, 6.07) is 8.58. The van der Waals surface area contributed by atoms with Gasteiger partial charge in [0, 0.05) is 17.7 Å². The standard InChI is InChI=1S/C16H17N3/c1-16(2)13-6-4-5-7-14(13)19(3)15(16)9-8-12-10-17-11-18-12/h4-11H,1-3H3/p+1. The van der Waals surface area contributed by atoms with Gasteiger partial charge in [-0.05, 0) is 19.9 Å².